The number of rotatable bonds is 6. The number of methoxy groups -OCH3 is 1. The number of carbonyl (C=O) groups excluding carboxylic acids is 2. The van der Waals surface area contributed by atoms with Crippen molar-refractivity contribution in [2.45, 2.75) is 25.6 Å². The summed E-state index contributed by atoms with van der Waals surface area (Å²) >= 11 is 0. The Kier molecular flexibility index (Phi) is 6.37. The van der Waals surface area contributed by atoms with Crippen LogP contribution in [0.5, 0.6) is 11.6 Å². The largest absolute Gasteiger partial charge is 0.496 e. The summed E-state index contributed by atoms with van der Waals surface area (Å²) in [5.41, 5.74) is 11.7. The summed E-state index contributed by atoms with van der Waals surface area (Å²) in [4.78, 5) is 27.8. The Morgan fingerprint density at radius 3 is 2.77 bits per heavy atom. The first-order valence-electron chi connectivity index (χ1n) is 9.47. The number of nitrogens with two attached hydrogens (primary N) is 2. The minimum Gasteiger partial charge on any atom is -0.496 e. The topological polar surface area (TPSA) is 130 Å². The highest BCUT2D eigenvalue weighted by atomic mass is 19.1. The number of halogens is 1. The van der Waals surface area contributed by atoms with Crippen LogP contribution in [0.1, 0.15) is 29.3 Å². The summed E-state index contributed by atoms with van der Waals surface area (Å²) in [5.74, 6) is 4.40. The van der Waals surface area contributed by atoms with Crippen molar-refractivity contribution < 1.29 is 23.5 Å². The summed E-state index contributed by atoms with van der Waals surface area (Å²) in [7, 11) is 1.42. The summed E-state index contributed by atoms with van der Waals surface area (Å²) in [5, 5.41) is 3.74. The van der Waals surface area contributed by atoms with Crippen LogP contribution >= 0.6 is 0 Å². The molecule has 1 fully saturated rings. The number of fused-ring (bicyclic) bond motifs is 1. The number of hydrogen-bond donors (Lipinski definition) is 3. The van der Waals surface area contributed by atoms with Crippen LogP contribution in [0.2, 0.25) is 0 Å². The number of nitrogens with zero attached hydrogens (tertiary/aromatic N) is 1. The maximum absolute atomic E-state index is 14.0. The smallest absolute Gasteiger partial charge is 0.255 e. The van der Waals surface area contributed by atoms with Crippen LogP contribution in [0.15, 0.2) is 18.3 Å². The van der Waals surface area contributed by atoms with Gasteiger partial charge in [-0.05, 0) is 18.6 Å². The summed E-state index contributed by atoms with van der Waals surface area (Å²) < 4.78 is 25.2. The molecule has 2 aromatic rings. The van der Waals surface area contributed by atoms with Crippen molar-refractivity contribution in [2.75, 3.05) is 20.3 Å². The Hall–Kier alpha value is -3.38. The maximum Gasteiger partial charge on any atom is 0.255 e. The molecule has 1 saturated heterocycles. The molecule has 3 atom stereocenters. The Bertz CT molecular complexity index is 1050. The van der Waals surface area contributed by atoms with Gasteiger partial charge in [-0.2, -0.15) is 0 Å². The fraction of sp³-hybridized carbons (Fsp3) is 0.381. The van der Waals surface area contributed by atoms with Crippen LogP contribution in [0.4, 0.5) is 4.39 Å². The molecule has 0 aliphatic carbocycles. The molecule has 3 rings (SSSR count). The number of aromatic nitrogens is 1. The first-order valence-corrected chi connectivity index (χ1v) is 9.47. The molecular formula is C21H23FN4O4. The van der Waals surface area contributed by atoms with Gasteiger partial charge in [0.2, 0.25) is 5.88 Å². The quantitative estimate of drug-likeness (QED) is 0.602. The van der Waals surface area contributed by atoms with E-state index in [4.69, 9.17) is 20.9 Å². The lowest BCUT2D eigenvalue weighted by Crippen LogP contribution is -2.34. The number of nitrogens with one attached hydrogen (secondary N) is 1. The molecule has 158 valence electrons. The van der Waals surface area contributed by atoms with Crippen LogP contribution in [0.3, 0.4) is 0 Å². The van der Waals surface area contributed by atoms with Crippen LogP contribution in [-0.4, -0.2) is 49.3 Å². The van der Waals surface area contributed by atoms with Crippen molar-refractivity contribution in [2.24, 2.45) is 17.4 Å². The van der Waals surface area contributed by atoms with Gasteiger partial charge in [-0.25, -0.2) is 9.37 Å². The Labute approximate surface area is 173 Å². The van der Waals surface area contributed by atoms with E-state index in [2.05, 4.69) is 22.1 Å². The molecule has 8 nitrogen and oxygen atoms in total. The van der Waals surface area contributed by atoms with Gasteiger partial charge in [0.05, 0.1) is 30.8 Å². The van der Waals surface area contributed by atoms with E-state index < -0.39 is 29.9 Å². The van der Waals surface area contributed by atoms with Crippen molar-refractivity contribution >= 4 is 22.6 Å². The number of hydrogen-bond acceptors (Lipinski definition) is 6. The first-order chi connectivity index (χ1) is 14.4. The van der Waals surface area contributed by atoms with Crippen LogP contribution in [0, 0.1) is 17.8 Å². The van der Waals surface area contributed by atoms with E-state index >= 15 is 0 Å². The minimum absolute atomic E-state index is 0.0421. The zero-order valence-corrected chi connectivity index (χ0v) is 16.7. The Morgan fingerprint density at radius 1 is 1.37 bits per heavy atom. The SMILES string of the molecule is CC[C@@H]1[C@H](F)C(=O)N[C@@H]1COc1ncc(C#CCN)c2cc(C(N)=O)c(OC)cc12. The zero-order valence-electron chi connectivity index (χ0n) is 16.7. The van der Waals surface area contributed by atoms with Crippen molar-refractivity contribution in [3.63, 3.8) is 0 Å². The van der Waals surface area contributed by atoms with Gasteiger partial charge in [-0.15, -0.1) is 0 Å². The molecule has 0 radical (unpaired) electrons. The standard InChI is InChI=1S/C21H23FN4O4/c1-3-12-16(26-20(28)18(12)22)10-30-21-14-8-17(29-2)15(19(24)27)7-13(14)11(9-25-21)5-4-6-23/h7-9,12,16,18H,3,6,10,23H2,1-2H3,(H2,24,27)(H,26,28)/t12-,16+,18-/m0/s1. The van der Waals surface area contributed by atoms with Gasteiger partial charge in [0, 0.05) is 22.9 Å². The van der Waals surface area contributed by atoms with E-state index in [1.807, 2.05) is 6.92 Å². The highest BCUT2D eigenvalue weighted by Gasteiger charge is 2.41. The van der Waals surface area contributed by atoms with Gasteiger partial charge in [0.1, 0.15) is 12.4 Å². The van der Waals surface area contributed by atoms with Gasteiger partial charge >= 0.3 is 0 Å². The van der Waals surface area contributed by atoms with Crippen molar-refractivity contribution in [1.29, 1.82) is 0 Å². The van der Waals surface area contributed by atoms with Crippen molar-refractivity contribution in [1.82, 2.24) is 10.3 Å². The number of amides is 2. The number of alkyl halides is 1. The molecule has 30 heavy (non-hydrogen) atoms. The van der Waals surface area contributed by atoms with E-state index in [0.717, 1.165) is 0 Å². The molecule has 2 heterocycles. The van der Waals surface area contributed by atoms with E-state index in [1.54, 1.807) is 12.1 Å². The lowest BCUT2D eigenvalue weighted by Gasteiger charge is -2.19. The third-order valence-corrected chi connectivity index (χ3v) is 5.10. The second-order valence-electron chi connectivity index (χ2n) is 6.85. The normalized spacial score (nSPS) is 20.4. The molecule has 2 amide bonds. The predicted molar refractivity (Wildman–Crippen MR) is 109 cm³/mol. The molecule has 5 N–H and O–H groups in total. The molecule has 0 saturated carbocycles. The summed E-state index contributed by atoms with van der Waals surface area (Å²) in [6, 6.07) is 2.68. The van der Waals surface area contributed by atoms with Crippen molar-refractivity contribution in [3.8, 4) is 23.5 Å². The Balaban J connectivity index is 2.02. The molecule has 0 spiro atoms. The van der Waals surface area contributed by atoms with Gasteiger partial charge in [-0.3, -0.25) is 9.59 Å². The van der Waals surface area contributed by atoms with Crippen molar-refractivity contribution in [3.05, 3.63) is 29.5 Å². The second-order valence-corrected chi connectivity index (χ2v) is 6.85. The third-order valence-electron chi connectivity index (χ3n) is 5.10. The molecule has 1 aliphatic heterocycles. The van der Waals surface area contributed by atoms with Gasteiger partial charge in [0.15, 0.2) is 6.17 Å². The fourth-order valence-electron chi connectivity index (χ4n) is 3.56. The predicted octanol–water partition coefficient (Wildman–Crippen LogP) is 0.894. The molecular weight excluding hydrogens is 391 g/mol. The lowest BCUT2D eigenvalue weighted by atomic mass is 9.97. The van der Waals surface area contributed by atoms with Gasteiger partial charge < -0.3 is 26.3 Å². The average Bonchev–Trinajstić information content (AvgIpc) is 3.02. The third kappa shape index (κ3) is 4.00. The molecule has 9 heteroatoms. The number of primary amides is 1. The second kappa shape index (κ2) is 8.97. The minimum atomic E-state index is -1.56. The fourth-order valence-corrected chi connectivity index (χ4v) is 3.56. The number of ether oxygens (including phenoxy) is 2. The first kappa shape index (κ1) is 21.3. The van der Waals surface area contributed by atoms with E-state index in [1.165, 1.54) is 13.3 Å². The average molecular weight is 414 g/mol. The highest BCUT2D eigenvalue weighted by molar-refractivity contribution is 6.03. The number of carbonyl (C=O) groups is 2. The lowest BCUT2D eigenvalue weighted by molar-refractivity contribution is -0.123. The molecule has 1 aromatic heterocycles. The number of benzene rings is 1. The monoisotopic (exact) mass is 414 g/mol. The number of pyridine rings is 1. The van der Waals surface area contributed by atoms with E-state index in [-0.39, 0.29) is 30.3 Å². The van der Waals surface area contributed by atoms with E-state index in [9.17, 15) is 14.0 Å². The molecule has 1 aromatic carbocycles. The summed E-state index contributed by atoms with van der Waals surface area (Å²) in [6.07, 6.45) is 0.437. The van der Waals surface area contributed by atoms with Crippen LogP contribution < -0.4 is 26.3 Å². The van der Waals surface area contributed by atoms with Crippen LogP contribution in [-0.2, 0) is 4.79 Å². The van der Waals surface area contributed by atoms with Crippen LogP contribution in [0.25, 0.3) is 10.8 Å². The van der Waals surface area contributed by atoms with E-state index in [0.29, 0.717) is 22.8 Å². The van der Waals surface area contributed by atoms with Gasteiger partial charge in [-0.1, -0.05) is 18.8 Å². The zero-order chi connectivity index (χ0) is 21.8. The maximum atomic E-state index is 14.0. The molecule has 0 unspecified atom stereocenters. The highest BCUT2D eigenvalue weighted by Crippen LogP contribution is 2.33. The molecule has 0 bridgehead atoms. The Morgan fingerprint density at radius 2 is 2.13 bits per heavy atom. The van der Waals surface area contributed by atoms with Gasteiger partial charge in [0.25, 0.3) is 11.8 Å². The molecule has 1 aliphatic rings. The summed E-state index contributed by atoms with van der Waals surface area (Å²) in [6.45, 7) is 2.02.